The monoisotopic (exact) mass is 428 g/mol. The van der Waals surface area contributed by atoms with Crippen LogP contribution in [0.15, 0.2) is 127 Å². The topological polar surface area (TPSA) is 41.2 Å². The number of carboxylic acid groups (broad SMARTS) is 1. The third-order valence-corrected chi connectivity index (χ3v) is 5.69. The molecule has 1 aromatic heterocycles. The van der Waals surface area contributed by atoms with Gasteiger partial charge in [0.15, 0.2) is 0 Å². The summed E-state index contributed by atoms with van der Waals surface area (Å²) in [7, 11) is 0. The van der Waals surface area contributed by atoms with Crippen LogP contribution in [0, 0.1) is 0 Å². The first-order valence-corrected chi connectivity index (χ1v) is 10.8. The van der Waals surface area contributed by atoms with E-state index >= 15 is 0 Å². The first-order valence-electron chi connectivity index (χ1n) is 10.8. The number of aromatic nitrogens is 1. The smallest absolute Gasteiger partial charge is 0.342 e. The van der Waals surface area contributed by atoms with Crippen molar-refractivity contribution in [2.24, 2.45) is 0 Å². The molecular weight excluding hydrogens is 406 g/mol. The van der Waals surface area contributed by atoms with Gasteiger partial charge in [0.2, 0.25) is 17.1 Å². The minimum Gasteiger partial charge on any atom is -0.477 e. The Morgan fingerprint density at radius 1 is 0.515 bits per heavy atom. The molecule has 0 radical (unpaired) electrons. The summed E-state index contributed by atoms with van der Waals surface area (Å²) >= 11 is 0. The highest BCUT2D eigenvalue weighted by Gasteiger charge is 2.28. The Labute approximate surface area is 192 Å². The normalized spacial score (nSPS) is 10.7. The van der Waals surface area contributed by atoms with Crippen LogP contribution >= 0.6 is 0 Å². The summed E-state index contributed by atoms with van der Waals surface area (Å²) in [6, 6.07) is 41.9. The number of hydrogen-bond acceptors (Lipinski definition) is 1. The Morgan fingerprint density at radius 3 is 1.42 bits per heavy atom. The molecule has 33 heavy (non-hydrogen) atoms. The largest absolute Gasteiger partial charge is 0.477 e. The maximum Gasteiger partial charge on any atom is 0.342 e. The molecule has 0 aliphatic rings. The van der Waals surface area contributed by atoms with Crippen molar-refractivity contribution in [3.8, 4) is 39.3 Å². The van der Waals surface area contributed by atoms with Crippen molar-refractivity contribution in [2.75, 3.05) is 0 Å². The van der Waals surface area contributed by atoms with Crippen LogP contribution in [0.1, 0.15) is 10.4 Å². The molecule has 158 valence electrons. The van der Waals surface area contributed by atoms with Crippen molar-refractivity contribution in [3.63, 3.8) is 0 Å². The van der Waals surface area contributed by atoms with Crippen LogP contribution in [0.4, 0.5) is 0 Å². The van der Waals surface area contributed by atoms with Crippen molar-refractivity contribution >= 4 is 5.97 Å². The van der Waals surface area contributed by atoms with Crippen LogP contribution in [0.3, 0.4) is 0 Å². The molecule has 0 unspecified atom stereocenters. The van der Waals surface area contributed by atoms with Gasteiger partial charge >= 0.3 is 5.97 Å². The molecule has 5 aromatic rings. The van der Waals surface area contributed by atoms with Crippen LogP contribution < -0.4 is 4.57 Å². The lowest BCUT2D eigenvalue weighted by molar-refractivity contribution is -0.572. The summed E-state index contributed by atoms with van der Waals surface area (Å²) in [5.41, 5.74) is 6.91. The Bertz CT molecular complexity index is 1350. The minimum atomic E-state index is -0.955. The number of aromatic carboxylic acids is 1. The van der Waals surface area contributed by atoms with Gasteiger partial charge in [0, 0.05) is 29.3 Å². The van der Waals surface area contributed by atoms with Crippen molar-refractivity contribution in [1.82, 2.24) is 0 Å². The van der Waals surface area contributed by atoms with Crippen LogP contribution in [0.2, 0.25) is 0 Å². The molecule has 0 amide bonds. The number of pyridine rings is 1. The van der Waals surface area contributed by atoms with Crippen molar-refractivity contribution in [3.05, 3.63) is 133 Å². The van der Waals surface area contributed by atoms with Crippen molar-refractivity contribution < 1.29 is 14.5 Å². The molecule has 0 fully saturated rings. The second-order valence-electron chi connectivity index (χ2n) is 7.77. The number of rotatable bonds is 5. The number of benzene rings is 4. The third-order valence-electron chi connectivity index (χ3n) is 5.69. The molecule has 1 heterocycles. The predicted octanol–water partition coefficient (Wildman–Crippen LogP) is 6.66. The zero-order valence-corrected chi connectivity index (χ0v) is 17.9. The fourth-order valence-corrected chi connectivity index (χ4v) is 4.14. The van der Waals surface area contributed by atoms with Gasteiger partial charge in [-0.1, -0.05) is 78.9 Å². The molecule has 3 heteroatoms. The van der Waals surface area contributed by atoms with Crippen LogP contribution in [0.25, 0.3) is 39.3 Å². The van der Waals surface area contributed by atoms with Crippen molar-refractivity contribution in [2.45, 2.75) is 0 Å². The summed E-state index contributed by atoms with van der Waals surface area (Å²) in [6.07, 6.45) is 0. The van der Waals surface area contributed by atoms with E-state index < -0.39 is 5.97 Å². The summed E-state index contributed by atoms with van der Waals surface area (Å²) in [5, 5.41) is 9.97. The van der Waals surface area contributed by atoms with E-state index in [0.29, 0.717) is 5.69 Å². The molecule has 0 saturated heterocycles. The predicted molar refractivity (Wildman–Crippen MR) is 131 cm³/mol. The second kappa shape index (κ2) is 8.93. The average Bonchev–Trinajstić information content (AvgIpc) is 2.89. The van der Waals surface area contributed by atoms with Gasteiger partial charge in [0.25, 0.3) is 0 Å². The molecule has 5 rings (SSSR count). The summed E-state index contributed by atoms with van der Waals surface area (Å²) in [6.45, 7) is 0. The zero-order valence-electron chi connectivity index (χ0n) is 17.9. The van der Waals surface area contributed by atoms with Gasteiger partial charge in [-0.25, -0.2) is 4.79 Å². The SMILES string of the molecule is O=C(O)c1ccccc1-[n+]1c(-c2ccccc2)cc(-c2ccccc2)cc1-c1ccccc1. The second-order valence-corrected chi connectivity index (χ2v) is 7.77. The molecule has 4 aromatic carbocycles. The molecular formula is C30H22NO2+. The van der Waals surface area contributed by atoms with E-state index in [1.54, 1.807) is 12.1 Å². The summed E-state index contributed by atoms with van der Waals surface area (Å²) < 4.78 is 2.06. The van der Waals surface area contributed by atoms with Gasteiger partial charge < -0.3 is 5.11 Å². The Hall–Kier alpha value is -4.50. The van der Waals surface area contributed by atoms with Crippen LogP contribution in [0.5, 0.6) is 0 Å². The number of nitrogens with zero attached hydrogens (tertiary/aromatic N) is 1. The molecule has 3 nitrogen and oxygen atoms in total. The highest BCUT2D eigenvalue weighted by Crippen LogP contribution is 2.31. The van der Waals surface area contributed by atoms with Gasteiger partial charge in [-0.15, -0.1) is 0 Å². The lowest BCUT2D eigenvalue weighted by Gasteiger charge is -2.13. The molecule has 0 aliphatic carbocycles. The average molecular weight is 429 g/mol. The summed E-state index contributed by atoms with van der Waals surface area (Å²) in [5.74, 6) is -0.955. The molecule has 0 saturated carbocycles. The van der Waals surface area contributed by atoms with E-state index in [1.165, 1.54) is 0 Å². The zero-order chi connectivity index (χ0) is 22.6. The number of hydrogen-bond donors (Lipinski definition) is 1. The van der Waals surface area contributed by atoms with Gasteiger partial charge in [-0.3, -0.25) is 0 Å². The van der Waals surface area contributed by atoms with Crippen molar-refractivity contribution in [1.29, 1.82) is 0 Å². The Balaban J connectivity index is 1.92. The van der Waals surface area contributed by atoms with E-state index in [0.717, 1.165) is 33.6 Å². The Kier molecular flexibility index (Phi) is 5.52. The van der Waals surface area contributed by atoms with Crippen LogP contribution in [-0.4, -0.2) is 11.1 Å². The quantitative estimate of drug-likeness (QED) is 0.318. The van der Waals surface area contributed by atoms with E-state index in [-0.39, 0.29) is 5.56 Å². The van der Waals surface area contributed by atoms with Gasteiger partial charge in [0.1, 0.15) is 5.56 Å². The van der Waals surface area contributed by atoms with E-state index in [9.17, 15) is 9.90 Å². The van der Waals surface area contributed by atoms with E-state index in [2.05, 4.69) is 53.1 Å². The summed E-state index contributed by atoms with van der Waals surface area (Å²) in [4.78, 5) is 12.2. The lowest BCUT2D eigenvalue weighted by Crippen LogP contribution is -2.38. The number of para-hydroxylation sites is 1. The standard InChI is InChI=1S/C30H21NO2/c32-30(33)26-18-10-11-19-27(26)31-28(23-14-6-2-7-15-23)20-25(22-12-4-1-5-13-22)21-29(31)24-16-8-3-9-17-24/h1-21H/p+1. The highest BCUT2D eigenvalue weighted by molar-refractivity contribution is 5.91. The van der Waals surface area contributed by atoms with E-state index in [1.807, 2.05) is 66.7 Å². The van der Waals surface area contributed by atoms with Gasteiger partial charge in [0.05, 0.1) is 0 Å². The van der Waals surface area contributed by atoms with Gasteiger partial charge in [-0.05, 0) is 41.5 Å². The molecule has 1 N–H and O–H groups in total. The van der Waals surface area contributed by atoms with Gasteiger partial charge in [-0.2, -0.15) is 4.57 Å². The van der Waals surface area contributed by atoms with Crippen LogP contribution in [-0.2, 0) is 0 Å². The van der Waals surface area contributed by atoms with E-state index in [4.69, 9.17) is 0 Å². The fraction of sp³-hybridized carbons (Fsp3) is 0. The maximum atomic E-state index is 12.2. The number of carboxylic acids is 1. The Morgan fingerprint density at radius 2 is 0.939 bits per heavy atom. The molecule has 0 bridgehead atoms. The fourth-order valence-electron chi connectivity index (χ4n) is 4.14. The maximum absolute atomic E-state index is 12.2. The first-order chi connectivity index (χ1) is 16.2. The molecule has 0 spiro atoms. The molecule has 0 aliphatic heterocycles. The first kappa shape index (κ1) is 20.4. The number of carbonyl (C=O) groups is 1. The molecule has 0 atom stereocenters. The lowest BCUT2D eigenvalue weighted by atomic mass is 9.98. The minimum absolute atomic E-state index is 0.254. The highest BCUT2D eigenvalue weighted by atomic mass is 16.4. The third kappa shape index (κ3) is 4.04.